The van der Waals surface area contributed by atoms with Crippen molar-refractivity contribution in [2.75, 3.05) is 13.2 Å². The van der Waals surface area contributed by atoms with Crippen LogP contribution in [0.4, 0.5) is 0 Å². The van der Waals surface area contributed by atoms with Crippen LogP contribution in [0.2, 0.25) is 0 Å². The molecule has 1 heteroatoms. The Morgan fingerprint density at radius 2 is 1.31 bits per heavy atom. The topological polar surface area (TPSA) is 9.23 Å². The molecule has 0 N–H and O–H groups in total. The largest absolute Gasteiger partial charge is 0.381 e. The Hall–Kier alpha value is -0.0400. The van der Waals surface area contributed by atoms with Crippen LogP contribution in [0.25, 0.3) is 0 Å². The molecule has 0 saturated heterocycles. The van der Waals surface area contributed by atoms with E-state index in [1.807, 2.05) is 34.6 Å². The fraction of sp³-hybridized carbons (Fsp3) is 1.00. The van der Waals surface area contributed by atoms with Gasteiger partial charge in [0.2, 0.25) is 0 Å². The van der Waals surface area contributed by atoms with Crippen molar-refractivity contribution in [3.8, 4) is 0 Å². The molecule has 0 heterocycles. The summed E-state index contributed by atoms with van der Waals surface area (Å²) in [5, 5.41) is 0. The van der Waals surface area contributed by atoms with E-state index in [1.165, 1.54) is 0 Å². The first kappa shape index (κ1) is 18.7. The minimum atomic E-state index is 0.699. The molecule has 0 bridgehead atoms. The van der Waals surface area contributed by atoms with Crippen LogP contribution in [0.1, 0.15) is 55.4 Å². The second-order valence-corrected chi connectivity index (χ2v) is 2.88. The van der Waals surface area contributed by atoms with E-state index in [9.17, 15) is 0 Å². The standard InChI is InChI=1S/C8H18O.2C2H6/c1-5-9-6-8(4)7(2)3;2*1-2/h7-8H,5-6H2,1-4H3;2*1-2H3. The Bertz CT molecular complexity index is 60.1. The Morgan fingerprint density at radius 1 is 0.923 bits per heavy atom. The molecule has 0 aromatic carbocycles. The summed E-state index contributed by atoms with van der Waals surface area (Å²) in [6, 6.07) is 0. The smallest absolute Gasteiger partial charge is 0.0493 e. The molecular formula is C12H30O. The van der Waals surface area contributed by atoms with Crippen molar-refractivity contribution < 1.29 is 4.74 Å². The highest BCUT2D eigenvalue weighted by molar-refractivity contribution is 4.54. The van der Waals surface area contributed by atoms with E-state index in [0.29, 0.717) is 5.92 Å². The molecule has 0 saturated carbocycles. The zero-order chi connectivity index (χ0) is 11.3. The summed E-state index contributed by atoms with van der Waals surface area (Å²) in [7, 11) is 0. The van der Waals surface area contributed by atoms with Gasteiger partial charge in [0, 0.05) is 13.2 Å². The predicted molar refractivity (Wildman–Crippen MR) is 63.2 cm³/mol. The summed E-state index contributed by atoms with van der Waals surface area (Å²) in [6.45, 7) is 18.5. The molecular weight excluding hydrogens is 160 g/mol. The van der Waals surface area contributed by atoms with Crippen LogP contribution in [0.5, 0.6) is 0 Å². The second-order valence-electron chi connectivity index (χ2n) is 2.88. The Balaban J connectivity index is -0.000000218. The molecule has 0 fully saturated rings. The molecule has 0 aromatic rings. The molecule has 0 aliphatic carbocycles. The first-order valence-electron chi connectivity index (χ1n) is 5.76. The predicted octanol–water partition coefficient (Wildman–Crippen LogP) is 4.37. The minimum absolute atomic E-state index is 0.699. The van der Waals surface area contributed by atoms with E-state index in [2.05, 4.69) is 20.8 Å². The Kier molecular flexibility index (Phi) is 25.7. The zero-order valence-corrected chi connectivity index (χ0v) is 11.0. The Morgan fingerprint density at radius 3 is 1.54 bits per heavy atom. The monoisotopic (exact) mass is 190 g/mol. The molecule has 0 radical (unpaired) electrons. The molecule has 0 aliphatic heterocycles. The fourth-order valence-electron chi connectivity index (χ4n) is 0.496. The summed E-state index contributed by atoms with van der Waals surface area (Å²) in [5.74, 6) is 1.45. The quantitative estimate of drug-likeness (QED) is 0.639. The molecule has 0 amide bonds. The number of rotatable bonds is 4. The average molecular weight is 190 g/mol. The highest BCUT2D eigenvalue weighted by atomic mass is 16.5. The van der Waals surface area contributed by atoms with Gasteiger partial charge in [-0.05, 0) is 18.8 Å². The second kappa shape index (κ2) is 17.9. The van der Waals surface area contributed by atoms with Crippen LogP contribution in [-0.4, -0.2) is 13.2 Å². The van der Waals surface area contributed by atoms with E-state index in [1.54, 1.807) is 0 Å². The van der Waals surface area contributed by atoms with Crippen LogP contribution in [-0.2, 0) is 4.74 Å². The summed E-state index contributed by atoms with van der Waals surface area (Å²) in [5.41, 5.74) is 0. The lowest BCUT2D eigenvalue weighted by Gasteiger charge is -2.14. The SMILES string of the molecule is CC.CC.CCOCC(C)C(C)C. The van der Waals surface area contributed by atoms with Gasteiger partial charge < -0.3 is 4.74 Å². The van der Waals surface area contributed by atoms with Crippen LogP contribution in [0.15, 0.2) is 0 Å². The van der Waals surface area contributed by atoms with Gasteiger partial charge in [-0.25, -0.2) is 0 Å². The van der Waals surface area contributed by atoms with Gasteiger partial charge in [-0.3, -0.25) is 0 Å². The van der Waals surface area contributed by atoms with Crippen molar-refractivity contribution in [3.63, 3.8) is 0 Å². The van der Waals surface area contributed by atoms with Crippen LogP contribution in [0.3, 0.4) is 0 Å². The van der Waals surface area contributed by atoms with Crippen LogP contribution >= 0.6 is 0 Å². The molecule has 13 heavy (non-hydrogen) atoms. The van der Waals surface area contributed by atoms with Crippen molar-refractivity contribution in [1.82, 2.24) is 0 Å². The van der Waals surface area contributed by atoms with Gasteiger partial charge in [0.05, 0.1) is 0 Å². The van der Waals surface area contributed by atoms with Crippen LogP contribution < -0.4 is 0 Å². The van der Waals surface area contributed by atoms with Gasteiger partial charge in [0.15, 0.2) is 0 Å². The minimum Gasteiger partial charge on any atom is -0.381 e. The molecule has 84 valence electrons. The maximum atomic E-state index is 5.26. The highest BCUT2D eigenvalue weighted by Crippen LogP contribution is 2.08. The fourth-order valence-corrected chi connectivity index (χ4v) is 0.496. The first-order chi connectivity index (χ1) is 6.18. The summed E-state index contributed by atoms with van der Waals surface area (Å²) >= 11 is 0. The van der Waals surface area contributed by atoms with Crippen molar-refractivity contribution >= 4 is 0 Å². The summed E-state index contributed by atoms with van der Waals surface area (Å²) < 4.78 is 5.26. The van der Waals surface area contributed by atoms with Crippen molar-refractivity contribution in [2.45, 2.75) is 55.4 Å². The third-order valence-electron chi connectivity index (χ3n) is 1.72. The number of hydrogen-bond acceptors (Lipinski definition) is 1. The summed E-state index contributed by atoms with van der Waals surface area (Å²) in [6.07, 6.45) is 0. The normalized spacial score (nSPS) is 10.8. The van der Waals surface area contributed by atoms with Crippen molar-refractivity contribution in [2.24, 2.45) is 11.8 Å². The van der Waals surface area contributed by atoms with Gasteiger partial charge in [-0.15, -0.1) is 0 Å². The third-order valence-corrected chi connectivity index (χ3v) is 1.72. The molecule has 0 rings (SSSR count). The van der Waals surface area contributed by atoms with Crippen molar-refractivity contribution in [1.29, 1.82) is 0 Å². The first-order valence-corrected chi connectivity index (χ1v) is 5.76. The van der Waals surface area contributed by atoms with Gasteiger partial charge in [0.25, 0.3) is 0 Å². The van der Waals surface area contributed by atoms with Gasteiger partial charge in [0.1, 0.15) is 0 Å². The number of hydrogen-bond donors (Lipinski definition) is 0. The van der Waals surface area contributed by atoms with E-state index in [0.717, 1.165) is 19.1 Å². The Labute approximate surface area is 85.9 Å². The molecule has 0 spiro atoms. The van der Waals surface area contributed by atoms with E-state index < -0.39 is 0 Å². The summed E-state index contributed by atoms with van der Waals surface area (Å²) in [4.78, 5) is 0. The molecule has 1 unspecified atom stereocenters. The van der Waals surface area contributed by atoms with Gasteiger partial charge in [-0.2, -0.15) is 0 Å². The lowest BCUT2D eigenvalue weighted by Crippen LogP contribution is -2.11. The maximum Gasteiger partial charge on any atom is 0.0493 e. The van der Waals surface area contributed by atoms with Crippen molar-refractivity contribution in [3.05, 3.63) is 0 Å². The van der Waals surface area contributed by atoms with Gasteiger partial charge in [-0.1, -0.05) is 48.5 Å². The van der Waals surface area contributed by atoms with Gasteiger partial charge >= 0.3 is 0 Å². The molecule has 1 nitrogen and oxygen atoms in total. The lowest BCUT2D eigenvalue weighted by atomic mass is 9.99. The van der Waals surface area contributed by atoms with E-state index in [-0.39, 0.29) is 0 Å². The molecule has 1 atom stereocenters. The van der Waals surface area contributed by atoms with E-state index in [4.69, 9.17) is 4.74 Å². The average Bonchev–Trinajstić information content (AvgIpc) is 2.20. The number of ether oxygens (including phenoxy) is 1. The lowest BCUT2D eigenvalue weighted by molar-refractivity contribution is 0.0999. The third kappa shape index (κ3) is 18.7. The maximum absolute atomic E-state index is 5.26. The zero-order valence-electron chi connectivity index (χ0n) is 11.0. The molecule has 0 aromatic heterocycles. The van der Waals surface area contributed by atoms with Crippen LogP contribution in [0, 0.1) is 11.8 Å². The highest BCUT2D eigenvalue weighted by Gasteiger charge is 2.05. The molecule has 0 aliphatic rings. The van der Waals surface area contributed by atoms with E-state index >= 15 is 0 Å².